The van der Waals surface area contributed by atoms with Crippen LogP contribution in [0.3, 0.4) is 0 Å². The van der Waals surface area contributed by atoms with E-state index in [1.807, 2.05) is 6.07 Å². The molecule has 0 aromatic heterocycles. The SMILES string of the molecule is Nc1c(Sc2ccc3c(c2)CCC3)cccc1S(N)(=O)=O. The standard InChI is InChI=1S/C15H16N2O2S2/c16-15-13(5-2-6-14(15)21(17,18)19)20-12-8-7-10-3-1-4-11(10)9-12/h2,5-9H,1,3-4,16H2,(H2,17,18,19). The maximum atomic E-state index is 11.5. The summed E-state index contributed by atoms with van der Waals surface area (Å²) >= 11 is 1.47. The summed E-state index contributed by atoms with van der Waals surface area (Å²) in [6.45, 7) is 0. The summed E-state index contributed by atoms with van der Waals surface area (Å²) in [7, 11) is -3.80. The third-order valence-corrected chi connectivity index (χ3v) is 5.67. The van der Waals surface area contributed by atoms with Crippen molar-refractivity contribution in [2.24, 2.45) is 5.14 Å². The molecule has 0 amide bonds. The summed E-state index contributed by atoms with van der Waals surface area (Å²) in [6, 6.07) is 11.3. The van der Waals surface area contributed by atoms with E-state index < -0.39 is 10.0 Å². The molecule has 110 valence electrons. The molecular weight excluding hydrogens is 304 g/mol. The minimum Gasteiger partial charge on any atom is -0.397 e. The fraction of sp³-hybridized carbons (Fsp3) is 0.200. The van der Waals surface area contributed by atoms with Crippen LogP contribution < -0.4 is 10.9 Å². The smallest absolute Gasteiger partial charge is 0.240 e. The minimum atomic E-state index is -3.80. The third kappa shape index (κ3) is 2.92. The molecule has 0 saturated carbocycles. The van der Waals surface area contributed by atoms with Crippen molar-refractivity contribution in [3.8, 4) is 0 Å². The van der Waals surface area contributed by atoms with Gasteiger partial charge in [-0.05, 0) is 54.7 Å². The largest absolute Gasteiger partial charge is 0.397 e. The van der Waals surface area contributed by atoms with E-state index in [1.54, 1.807) is 6.07 Å². The van der Waals surface area contributed by atoms with Gasteiger partial charge >= 0.3 is 0 Å². The van der Waals surface area contributed by atoms with E-state index in [2.05, 4.69) is 18.2 Å². The molecule has 1 aliphatic carbocycles. The summed E-state index contributed by atoms with van der Waals surface area (Å²) in [5, 5.41) is 5.18. The summed E-state index contributed by atoms with van der Waals surface area (Å²) < 4.78 is 23.0. The number of rotatable bonds is 3. The Morgan fingerprint density at radius 1 is 1.05 bits per heavy atom. The van der Waals surface area contributed by atoms with Crippen molar-refractivity contribution in [2.75, 3.05) is 5.73 Å². The Hall–Kier alpha value is -1.50. The van der Waals surface area contributed by atoms with Gasteiger partial charge in [-0.1, -0.05) is 23.9 Å². The van der Waals surface area contributed by atoms with Gasteiger partial charge in [0.15, 0.2) is 0 Å². The van der Waals surface area contributed by atoms with Gasteiger partial charge in [-0.2, -0.15) is 0 Å². The summed E-state index contributed by atoms with van der Waals surface area (Å²) in [5.74, 6) is 0. The van der Waals surface area contributed by atoms with Crippen molar-refractivity contribution in [3.63, 3.8) is 0 Å². The van der Waals surface area contributed by atoms with Crippen molar-refractivity contribution in [1.29, 1.82) is 0 Å². The quantitative estimate of drug-likeness (QED) is 0.851. The van der Waals surface area contributed by atoms with Crippen LogP contribution in [0.5, 0.6) is 0 Å². The Balaban J connectivity index is 1.95. The lowest BCUT2D eigenvalue weighted by atomic mass is 10.1. The number of nitrogen functional groups attached to an aromatic ring is 1. The molecule has 4 N–H and O–H groups in total. The number of nitrogens with two attached hydrogens (primary N) is 2. The molecule has 0 atom stereocenters. The molecule has 0 bridgehead atoms. The van der Waals surface area contributed by atoms with Crippen LogP contribution in [-0.4, -0.2) is 8.42 Å². The zero-order valence-corrected chi connectivity index (χ0v) is 13.0. The fourth-order valence-corrected chi connectivity index (χ4v) is 4.31. The maximum absolute atomic E-state index is 11.5. The highest BCUT2D eigenvalue weighted by molar-refractivity contribution is 7.99. The molecule has 0 heterocycles. The fourth-order valence-electron chi connectivity index (χ4n) is 2.60. The first-order chi connectivity index (χ1) is 9.95. The van der Waals surface area contributed by atoms with Gasteiger partial charge in [-0.25, -0.2) is 13.6 Å². The first kappa shape index (κ1) is 14.4. The Labute approximate surface area is 128 Å². The first-order valence-corrected chi connectivity index (χ1v) is 9.02. The van der Waals surface area contributed by atoms with Gasteiger partial charge in [0.2, 0.25) is 10.0 Å². The van der Waals surface area contributed by atoms with E-state index in [1.165, 1.54) is 35.4 Å². The highest BCUT2D eigenvalue weighted by Crippen LogP contribution is 2.36. The molecule has 0 aliphatic heterocycles. The average Bonchev–Trinajstić information content (AvgIpc) is 2.87. The van der Waals surface area contributed by atoms with Crippen LogP contribution in [0.1, 0.15) is 17.5 Å². The third-order valence-electron chi connectivity index (χ3n) is 3.63. The second kappa shape index (κ2) is 5.36. The number of hydrogen-bond acceptors (Lipinski definition) is 4. The number of sulfonamides is 1. The van der Waals surface area contributed by atoms with Gasteiger partial charge in [0.1, 0.15) is 4.90 Å². The van der Waals surface area contributed by atoms with E-state index in [4.69, 9.17) is 10.9 Å². The Morgan fingerprint density at radius 2 is 1.81 bits per heavy atom. The van der Waals surface area contributed by atoms with Crippen LogP contribution in [0.2, 0.25) is 0 Å². The lowest BCUT2D eigenvalue weighted by Gasteiger charge is -2.10. The summed E-state index contributed by atoms with van der Waals surface area (Å²) in [6.07, 6.45) is 3.45. The van der Waals surface area contributed by atoms with Gasteiger partial charge in [-0.15, -0.1) is 0 Å². The van der Waals surface area contributed by atoms with Crippen LogP contribution in [0.25, 0.3) is 0 Å². The van der Waals surface area contributed by atoms with E-state index in [-0.39, 0.29) is 10.6 Å². The molecule has 6 heteroatoms. The highest BCUT2D eigenvalue weighted by Gasteiger charge is 2.16. The molecule has 4 nitrogen and oxygen atoms in total. The zero-order valence-electron chi connectivity index (χ0n) is 11.4. The number of fused-ring (bicyclic) bond motifs is 1. The highest BCUT2D eigenvalue weighted by atomic mass is 32.2. The van der Waals surface area contributed by atoms with Gasteiger partial charge < -0.3 is 5.73 Å². The van der Waals surface area contributed by atoms with E-state index >= 15 is 0 Å². The van der Waals surface area contributed by atoms with Crippen LogP contribution in [-0.2, 0) is 22.9 Å². The van der Waals surface area contributed by atoms with E-state index in [0.29, 0.717) is 4.90 Å². The van der Waals surface area contributed by atoms with Crippen molar-refractivity contribution < 1.29 is 8.42 Å². The topological polar surface area (TPSA) is 86.2 Å². The first-order valence-electron chi connectivity index (χ1n) is 6.66. The monoisotopic (exact) mass is 320 g/mol. The number of hydrogen-bond donors (Lipinski definition) is 2. The van der Waals surface area contributed by atoms with Crippen LogP contribution >= 0.6 is 11.8 Å². The number of benzene rings is 2. The van der Waals surface area contributed by atoms with Gasteiger partial charge in [0, 0.05) is 9.79 Å². The molecular formula is C15H16N2O2S2. The second-order valence-electron chi connectivity index (χ2n) is 5.10. The summed E-state index contributed by atoms with van der Waals surface area (Å²) in [5.41, 5.74) is 8.95. The number of primary sulfonamides is 1. The number of aryl methyl sites for hydroxylation is 2. The lowest BCUT2D eigenvalue weighted by molar-refractivity contribution is 0.598. The maximum Gasteiger partial charge on any atom is 0.240 e. The predicted molar refractivity (Wildman–Crippen MR) is 84.8 cm³/mol. The predicted octanol–water partition coefficient (Wildman–Crippen LogP) is 2.56. The molecule has 0 unspecified atom stereocenters. The molecule has 2 aromatic carbocycles. The minimum absolute atomic E-state index is 0.0198. The Kier molecular flexibility index (Phi) is 3.69. The molecule has 0 radical (unpaired) electrons. The molecule has 0 spiro atoms. The van der Waals surface area contributed by atoms with Crippen molar-refractivity contribution >= 4 is 27.5 Å². The molecule has 2 aromatic rings. The lowest BCUT2D eigenvalue weighted by Crippen LogP contribution is -2.14. The molecule has 0 fully saturated rings. The number of anilines is 1. The van der Waals surface area contributed by atoms with E-state index in [9.17, 15) is 8.42 Å². The van der Waals surface area contributed by atoms with Gasteiger partial charge in [0.25, 0.3) is 0 Å². The van der Waals surface area contributed by atoms with Crippen LogP contribution in [0.4, 0.5) is 5.69 Å². The Bertz CT molecular complexity index is 801. The van der Waals surface area contributed by atoms with E-state index in [0.717, 1.165) is 17.7 Å². The second-order valence-corrected chi connectivity index (χ2v) is 7.74. The normalized spacial score (nSPS) is 14.1. The van der Waals surface area contributed by atoms with Gasteiger partial charge in [-0.3, -0.25) is 0 Å². The van der Waals surface area contributed by atoms with Crippen LogP contribution in [0, 0.1) is 0 Å². The van der Waals surface area contributed by atoms with Crippen molar-refractivity contribution in [2.45, 2.75) is 33.9 Å². The molecule has 1 aliphatic rings. The van der Waals surface area contributed by atoms with Crippen molar-refractivity contribution in [1.82, 2.24) is 0 Å². The van der Waals surface area contributed by atoms with Gasteiger partial charge in [0.05, 0.1) is 5.69 Å². The summed E-state index contributed by atoms with van der Waals surface area (Å²) in [4.78, 5) is 1.75. The molecule has 3 rings (SSSR count). The number of para-hydroxylation sites is 1. The average molecular weight is 320 g/mol. The molecule has 21 heavy (non-hydrogen) atoms. The zero-order chi connectivity index (χ0) is 15.0. The Morgan fingerprint density at radius 3 is 2.57 bits per heavy atom. The van der Waals surface area contributed by atoms with Crippen LogP contribution in [0.15, 0.2) is 51.1 Å². The van der Waals surface area contributed by atoms with Crippen molar-refractivity contribution in [3.05, 3.63) is 47.5 Å². The molecule has 0 saturated heterocycles.